The van der Waals surface area contributed by atoms with Gasteiger partial charge in [0.25, 0.3) is 0 Å². The van der Waals surface area contributed by atoms with Gasteiger partial charge in [-0.15, -0.1) is 0 Å². The quantitative estimate of drug-likeness (QED) is 0.902. The van der Waals surface area contributed by atoms with Crippen LogP contribution in [0.3, 0.4) is 0 Å². The van der Waals surface area contributed by atoms with Crippen molar-refractivity contribution in [3.05, 3.63) is 47.4 Å². The smallest absolute Gasteiger partial charge is 0.335 e. The Morgan fingerprint density at radius 1 is 1.29 bits per heavy atom. The van der Waals surface area contributed by atoms with Crippen molar-refractivity contribution in [2.75, 3.05) is 5.32 Å². The molecule has 0 saturated carbocycles. The van der Waals surface area contributed by atoms with Crippen molar-refractivity contribution in [2.24, 2.45) is 0 Å². The molecule has 0 unspecified atom stereocenters. The highest BCUT2D eigenvalue weighted by atomic mass is 16.4. The third-order valence-corrected chi connectivity index (χ3v) is 3.11. The minimum absolute atomic E-state index is 0.221. The second-order valence-electron chi connectivity index (χ2n) is 5.94. The summed E-state index contributed by atoms with van der Waals surface area (Å²) in [4.78, 5) is 20.0. The molecule has 0 aliphatic rings. The molecule has 0 amide bonds. The van der Waals surface area contributed by atoms with E-state index in [4.69, 9.17) is 0 Å². The van der Waals surface area contributed by atoms with E-state index in [0.29, 0.717) is 5.82 Å². The van der Waals surface area contributed by atoms with Crippen LogP contribution in [0.15, 0.2) is 30.5 Å². The van der Waals surface area contributed by atoms with Crippen LogP contribution < -0.4 is 5.32 Å². The Kier molecular flexibility index (Phi) is 3.93. The van der Waals surface area contributed by atoms with Crippen molar-refractivity contribution in [3.8, 4) is 0 Å². The maximum atomic E-state index is 11.3. The van der Waals surface area contributed by atoms with Crippen LogP contribution >= 0.6 is 0 Å². The fourth-order valence-electron chi connectivity index (χ4n) is 1.86. The third-order valence-electron chi connectivity index (χ3n) is 3.11. The lowest BCUT2D eigenvalue weighted by molar-refractivity contribution is 0.0696. The van der Waals surface area contributed by atoms with Crippen LogP contribution in [0.4, 0.5) is 11.5 Å². The second-order valence-corrected chi connectivity index (χ2v) is 5.94. The Hall–Kier alpha value is -2.43. The molecule has 110 valence electrons. The van der Waals surface area contributed by atoms with Crippen LogP contribution in [0, 0.1) is 6.92 Å². The van der Waals surface area contributed by atoms with Gasteiger partial charge in [-0.2, -0.15) is 0 Å². The minimum atomic E-state index is -0.964. The highest BCUT2D eigenvalue weighted by Gasteiger charge is 2.19. The topological polar surface area (TPSA) is 75.1 Å². The first-order valence-electron chi connectivity index (χ1n) is 6.72. The average molecular weight is 285 g/mol. The van der Waals surface area contributed by atoms with Crippen LogP contribution in [-0.4, -0.2) is 21.0 Å². The van der Waals surface area contributed by atoms with Gasteiger partial charge in [0, 0.05) is 17.3 Å². The zero-order chi connectivity index (χ0) is 15.6. The van der Waals surface area contributed by atoms with E-state index in [2.05, 4.69) is 15.3 Å². The van der Waals surface area contributed by atoms with E-state index in [1.807, 2.05) is 39.8 Å². The van der Waals surface area contributed by atoms with Crippen molar-refractivity contribution in [1.29, 1.82) is 0 Å². The second kappa shape index (κ2) is 5.52. The number of aromatic carboxylic acids is 1. The van der Waals surface area contributed by atoms with E-state index in [1.54, 1.807) is 12.3 Å². The number of rotatable bonds is 3. The van der Waals surface area contributed by atoms with Gasteiger partial charge >= 0.3 is 5.97 Å². The Balaban J connectivity index is 2.46. The van der Waals surface area contributed by atoms with Crippen LogP contribution in [-0.2, 0) is 5.41 Å². The number of anilines is 2. The number of aryl methyl sites for hydroxylation is 1. The Morgan fingerprint density at radius 2 is 2.00 bits per heavy atom. The standard InChI is InChI=1S/C16H19N3O2/c1-10-12(6-5-7-17-10)18-14-9-11(15(20)21)8-13(19-14)16(2,3)4/h5-9H,1-4H3,(H,18,19)(H,20,21). The van der Waals surface area contributed by atoms with E-state index >= 15 is 0 Å². The monoisotopic (exact) mass is 285 g/mol. The van der Waals surface area contributed by atoms with Gasteiger partial charge in [-0.25, -0.2) is 9.78 Å². The first-order valence-corrected chi connectivity index (χ1v) is 6.72. The largest absolute Gasteiger partial charge is 0.478 e. The summed E-state index contributed by atoms with van der Waals surface area (Å²) in [5.41, 5.74) is 2.36. The van der Waals surface area contributed by atoms with E-state index in [1.165, 1.54) is 6.07 Å². The summed E-state index contributed by atoms with van der Waals surface area (Å²) >= 11 is 0. The third kappa shape index (κ3) is 3.56. The molecule has 5 heteroatoms. The summed E-state index contributed by atoms with van der Waals surface area (Å²) in [6, 6.07) is 6.85. The highest BCUT2D eigenvalue weighted by molar-refractivity contribution is 5.89. The minimum Gasteiger partial charge on any atom is -0.478 e. The lowest BCUT2D eigenvalue weighted by Gasteiger charge is -2.19. The Morgan fingerprint density at radius 3 is 2.57 bits per heavy atom. The number of carboxylic acids is 1. The summed E-state index contributed by atoms with van der Waals surface area (Å²) in [5.74, 6) is -0.454. The van der Waals surface area contributed by atoms with E-state index in [0.717, 1.165) is 17.1 Å². The van der Waals surface area contributed by atoms with Crippen molar-refractivity contribution < 1.29 is 9.90 Å². The predicted molar refractivity (Wildman–Crippen MR) is 82.2 cm³/mol. The van der Waals surface area contributed by atoms with Gasteiger partial charge in [-0.1, -0.05) is 20.8 Å². The molecule has 2 rings (SSSR count). The molecule has 0 aliphatic heterocycles. The molecule has 5 nitrogen and oxygen atoms in total. The number of aromatic nitrogens is 2. The van der Waals surface area contributed by atoms with Gasteiger partial charge in [0.2, 0.25) is 0 Å². The van der Waals surface area contributed by atoms with Crippen molar-refractivity contribution in [2.45, 2.75) is 33.1 Å². The van der Waals surface area contributed by atoms with Crippen molar-refractivity contribution >= 4 is 17.5 Å². The first kappa shape index (κ1) is 15.0. The van der Waals surface area contributed by atoms with Crippen LogP contribution in [0.2, 0.25) is 0 Å². The maximum absolute atomic E-state index is 11.3. The zero-order valence-electron chi connectivity index (χ0n) is 12.6. The van der Waals surface area contributed by atoms with Gasteiger partial charge in [0.15, 0.2) is 0 Å². The Labute approximate surface area is 124 Å². The molecular weight excluding hydrogens is 266 g/mol. The summed E-state index contributed by atoms with van der Waals surface area (Å²) in [6.45, 7) is 7.88. The number of carbonyl (C=O) groups is 1. The van der Waals surface area contributed by atoms with Gasteiger partial charge in [-0.05, 0) is 31.2 Å². The van der Waals surface area contributed by atoms with Crippen LogP contribution in [0.1, 0.15) is 42.5 Å². The van der Waals surface area contributed by atoms with E-state index in [9.17, 15) is 9.90 Å². The van der Waals surface area contributed by atoms with Gasteiger partial charge < -0.3 is 10.4 Å². The maximum Gasteiger partial charge on any atom is 0.335 e. The fourth-order valence-corrected chi connectivity index (χ4v) is 1.86. The van der Waals surface area contributed by atoms with Crippen molar-refractivity contribution in [3.63, 3.8) is 0 Å². The van der Waals surface area contributed by atoms with E-state index in [-0.39, 0.29) is 11.0 Å². The SMILES string of the molecule is Cc1ncccc1Nc1cc(C(=O)O)cc(C(C)(C)C)n1. The van der Waals surface area contributed by atoms with Crippen molar-refractivity contribution in [1.82, 2.24) is 9.97 Å². The lowest BCUT2D eigenvalue weighted by Crippen LogP contribution is -2.16. The number of pyridine rings is 2. The number of carboxylic acid groups (broad SMARTS) is 1. The molecule has 0 fully saturated rings. The van der Waals surface area contributed by atoms with Crippen LogP contribution in [0.5, 0.6) is 0 Å². The molecule has 2 aromatic heterocycles. The lowest BCUT2D eigenvalue weighted by atomic mass is 9.91. The molecule has 0 aliphatic carbocycles. The molecule has 0 spiro atoms. The summed E-state index contributed by atoms with van der Waals surface area (Å²) in [6.07, 6.45) is 1.71. The molecule has 0 saturated heterocycles. The molecule has 0 atom stereocenters. The molecule has 0 radical (unpaired) electrons. The first-order chi connectivity index (χ1) is 9.77. The highest BCUT2D eigenvalue weighted by Crippen LogP contribution is 2.25. The summed E-state index contributed by atoms with van der Waals surface area (Å²) < 4.78 is 0. The number of nitrogens with one attached hydrogen (secondary N) is 1. The molecule has 21 heavy (non-hydrogen) atoms. The molecule has 0 bridgehead atoms. The van der Waals surface area contributed by atoms with Gasteiger partial charge in [0.05, 0.1) is 16.9 Å². The number of hydrogen-bond donors (Lipinski definition) is 2. The predicted octanol–water partition coefficient (Wildman–Crippen LogP) is 3.52. The normalized spacial score (nSPS) is 11.2. The fraction of sp³-hybridized carbons (Fsp3) is 0.312. The summed E-state index contributed by atoms with van der Waals surface area (Å²) in [7, 11) is 0. The zero-order valence-corrected chi connectivity index (χ0v) is 12.6. The Bertz CT molecular complexity index is 675. The molecular formula is C16H19N3O2. The molecule has 0 aromatic carbocycles. The molecule has 2 N–H and O–H groups in total. The molecule has 2 heterocycles. The van der Waals surface area contributed by atoms with E-state index < -0.39 is 5.97 Å². The number of nitrogens with zero attached hydrogens (tertiary/aromatic N) is 2. The van der Waals surface area contributed by atoms with Gasteiger partial charge in [-0.3, -0.25) is 4.98 Å². The molecule has 2 aromatic rings. The van der Waals surface area contributed by atoms with Crippen LogP contribution in [0.25, 0.3) is 0 Å². The average Bonchev–Trinajstić information content (AvgIpc) is 2.40. The summed E-state index contributed by atoms with van der Waals surface area (Å²) in [5, 5.41) is 12.4. The van der Waals surface area contributed by atoms with Gasteiger partial charge in [0.1, 0.15) is 5.82 Å². The number of hydrogen-bond acceptors (Lipinski definition) is 4.